The van der Waals surface area contributed by atoms with E-state index >= 15 is 0 Å². The summed E-state index contributed by atoms with van der Waals surface area (Å²) in [6.45, 7) is 0. The summed E-state index contributed by atoms with van der Waals surface area (Å²) in [5, 5.41) is 5.89. The van der Waals surface area contributed by atoms with E-state index in [1.165, 1.54) is 33.5 Å². The van der Waals surface area contributed by atoms with Crippen LogP contribution >= 0.6 is 15.8 Å². The second-order valence-electron chi connectivity index (χ2n) is 8.09. The van der Waals surface area contributed by atoms with Crippen molar-refractivity contribution in [2.45, 2.75) is 0 Å². The fourth-order valence-corrected chi connectivity index (χ4v) is 9.31. The van der Waals surface area contributed by atoms with Crippen molar-refractivity contribution in [2.24, 2.45) is 0 Å². The molecular weight excluding hydrogens is 625 g/mol. The molecule has 202 valence electrons. The van der Waals surface area contributed by atoms with Crippen molar-refractivity contribution in [3.63, 3.8) is 0 Å². The van der Waals surface area contributed by atoms with E-state index in [1.807, 2.05) is 18.2 Å². The molecule has 0 N–H and O–H groups in total. The summed E-state index contributed by atoms with van der Waals surface area (Å²) in [7, 11) is 0.946. The molecule has 0 unspecified atom stereocenters. The first-order valence-corrected chi connectivity index (χ1v) is 16.4. The third-order valence-corrected chi connectivity index (χ3v) is 11.1. The predicted octanol–water partition coefficient (Wildman–Crippen LogP) is 6.91. The average Bonchev–Trinajstić information content (AvgIpc) is 3.03. The van der Waals surface area contributed by atoms with Gasteiger partial charge in [0.05, 0.1) is 7.11 Å². The largest absolute Gasteiger partial charge is 2.00 e. The van der Waals surface area contributed by atoms with Gasteiger partial charge in [-0.2, -0.15) is 24.5 Å². The van der Waals surface area contributed by atoms with E-state index in [0.717, 1.165) is 5.75 Å². The number of hydrogen-bond donors (Lipinski definition) is 0. The Morgan fingerprint density at radius 1 is 0.538 bits per heavy atom. The molecule has 0 saturated heterocycles. The molecule has 0 saturated carbocycles. The van der Waals surface area contributed by atoms with Gasteiger partial charge in [-0.05, 0) is 49.4 Å². The van der Waals surface area contributed by atoms with E-state index in [0.29, 0.717) is 0 Å². The Morgan fingerprint density at radius 3 is 1.10 bits per heavy atom. The van der Waals surface area contributed by atoms with Crippen LogP contribution in [0.1, 0.15) is 0 Å². The van der Waals surface area contributed by atoms with Gasteiger partial charge in [0, 0.05) is 5.75 Å². The molecule has 0 spiro atoms. The van der Waals surface area contributed by atoms with Gasteiger partial charge in [0.1, 0.15) is 0 Å². The van der Waals surface area contributed by atoms with Crippen LogP contribution in [0, 0.1) is 6.07 Å². The SMILES string of the molecule is COc1c[c-]ccc1.C[S-].[Pd+2].c1ccc(P(CCP(c2ccccc2)c2ccccc2)c2ccccc2)cc1. The Kier molecular flexibility index (Phi) is 16.7. The molecule has 0 amide bonds. The number of hydrogen-bond acceptors (Lipinski definition) is 2. The van der Waals surface area contributed by atoms with E-state index in [1.54, 1.807) is 19.4 Å². The Hall–Kier alpha value is -2.23. The van der Waals surface area contributed by atoms with Crippen molar-refractivity contribution in [1.82, 2.24) is 0 Å². The zero-order valence-corrected chi connectivity index (χ0v) is 26.5. The van der Waals surface area contributed by atoms with Gasteiger partial charge in [-0.15, -0.1) is 12.1 Å². The second kappa shape index (κ2) is 19.8. The van der Waals surface area contributed by atoms with Gasteiger partial charge >= 0.3 is 20.4 Å². The standard InChI is InChI=1S/C26H24P2.C7H7O.CH4S.Pd/c1-5-13-23(14-6-1)27(24-15-7-2-8-16-24)21-22-28(25-17-9-3-10-18-25)26-19-11-4-12-20-26;1-8-7-5-3-2-4-6-7;1-2;/h1-20H,21-22H2;2-3,5-6H,1H3;2H,1H3;/q;-1;;+2/p-1. The minimum atomic E-state index is -0.348. The molecule has 0 heterocycles. The molecule has 0 aliphatic carbocycles. The van der Waals surface area contributed by atoms with Gasteiger partial charge < -0.3 is 17.4 Å². The Labute approximate surface area is 256 Å². The van der Waals surface area contributed by atoms with Crippen LogP contribution in [-0.4, -0.2) is 25.7 Å². The van der Waals surface area contributed by atoms with Gasteiger partial charge in [-0.1, -0.05) is 121 Å². The summed E-state index contributed by atoms with van der Waals surface area (Å²) in [5.74, 6) is 0.854. The van der Waals surface area contributed by atoms with Crippen molar-refractivity contribution in [1.29, 1.82) is 0 Å². The quantitative estimate of drug-likeness (QED) is 0.0776. The molecule has 0 aromatic heterocycles. The maximum atomic E-state index is 4.88. The van der Waals surface area contributed by atoms with Gasteiger partial charge in [-0.3, -0.25) is 0 Å². The van der Waals surface area contributed by atoms with Crippen molar-refractivity contribution in [3.05, 3.63) is 152 Å². The van der Waals surface area contributed by atoms with Crippen molar-refractivity contribution < 1.29 is 25.2 Å². The molecule has 5 aromatic rings. The van der Waals surface area contributed by atoms with Crippen LogP contribution in [0.3, 0.4) is 0 Å². The minimum absolute atomic E-state index is 0. The molecule has 5 aromatic carbocycles. The Morgan fingerprint density at radius 2 is 0.872 bits per heavy atom. The van der Waals surface area contributed by atoms with Crippen LogP contribution in [0.25, 0.3) is 0 Å². The summed E-state index contributed by atoms with van der Waals surface area (Å²) in [6.07, 6.45) is 4.00. The Balaban J connectivity index is 0.000000414. The van der Waals surface area contributed by atoms with E-state index in [-0.39, 0.29) is 36.3 Å². The predicted molar refractivity (Wildman–Crippen MR) is 173 cm³/mol. The van der Waals surface area contributed by atoms with Crippen LogP contribution in [0.4, 0.5) is 0 Å². The van der Waals surface area contributed by atoms with Crippen LogP contribution < -0.4 is 26.0 Å². The summed E-state index contributed by atoms with van der Waals surface area (Å²) >= 11 is 4.08. The first kappa shape index (κ1) is 33.0. The van der Waals surface area contributed by atoms with Crippen LogP contribution in [0.5, 0.6) is 5.75 Å². The van der Waals surface area contributed by atoms with Gasteiger partial charge in [0.15, 0.2) is 0 Å². The van der Waals surface area contributed by atoms with Crippen LogP contribution in [-0.2, 0) is 33.1 Å². The molecule has 0 aliphatic heterocycles. The smallest absolute Gasteiger partial charge is 0.796 e. The van der Waals surface area contributed by atoms with E-state index < -0.39 is 0 Å². The first-order valence-electron chi connectivity index (χ1n) is 12.5. The zero-order valence-electron chi connectivity index (χ0n) is 22.3. The monoisotopic (exact) mass is 658 g/mol. The van der Waals surface area contributed by atoms with Crippen LogP contribution in [0.15, 0.2) is 146 Å². The van der Waals surface area contributed by atoms with E-state index in [2.05, 4.69) is 140 Å². The van der Waals surface area contributed by atoms with Gasteiger partial charge in [-0.25, -0.2) is 0 Å². The normalized spacial score (nSPS) is 9.87. The summed E-state index contributed by atoms with van der Waals surface area (Å²) < 4.78 is 4.88. The molecule has 0 radical (unpaired) electrons. The minimum Gasteiger partial charge on any atom is -0.796 e. The maximum Gasteiger partial charge on any atom is 2.00 e. The average molecular weight is 659 g/mol. The number of rotatable bonds is 8. The van der Waals surface area contributed by atoms with Gasteiger partial charge in [0.25, 0.3) is 0 Å². The molecular formula is C34H34OP2PdS. The maximum absolute atomic E-state index is 4.88. The van der Waals surface area contributed by atoms with Crippen molar-refractivity contribution >= 4 is 49.7 Å². The van der Waals surface area contributed by atoms with E-state index in [9.17, 15) is 0 Å². The third kappa shape index (κ3) is 11.0. The number of methoxy groups -OCH3 is 1. The summed E-state index contributed by atoms with van der Waals surface area (Å²) in [4.78, 5) is 0. The number of benzene rings is 5. The Bertz CT molecular complexity index is 1100. The summed E-state index contributed by atoms with van der Waals surface area (Å²) in [6, 6.07) is 54.5. The molecule has 1 nitrogen and oxygen atoms in total. The molecule has 0 fully saturated rings. The fraction of sp³-hybridized carbons (Fsp3) is 0.118. The molecule has 0 bridgehead atoms. The third-order valence-electron chi connectivity index (χ3n) is 5.73. The van der Waals surface area contributed by atoms with E-state index in [4.69, 9.17) is 4.74 Å². The molecule has 5 rings (SSSR count). The van der Waals surface area contributed by atoms with Crippen LogP contribution in [0.2, 0.25) is 0 Å². The second-order valence-corrected chi connectivity index (χ2v) is 12.8. The number of ether oxygens (including phenoxy) is 1. The van der Waals surface area contributed by atoms with Crippen molar-refractivity contribution in [2.75, 3.05) is 25.7 Å². The first-order chi connectivity index (χ1) is 18.8. The molecule has 39 heavy (non-hydrogen) atoms. The molecule has 5 heteroatoms. The van der Waals surface area contributed by atoms with Crippen molar-refractivity contribution in [3.8, 4) is 5.75 Å². The topological polar surface area (TPSA) is 9.23 Å². The molecule has 0 atom stereocenters. The van der Waals surface area contributed by atoms with Gasteiger partial charge in [0.2, 0.25) is 0 Å². The fourth-order valence-electron chi connectivity index (χ4n) is 3.95. The summed E-state index contributed by atoms with van der Waals surface area (Å²) in [5.41, 5.74) is 0. The molecule has 0 aliphatic rings. The zero-order chi connectivity index (χ0) is 26.8.